The topological polar surface area (TPSA) is 90.5 Å². The molecule has 10 heteroatoms. The van der Waals surface area contributed by atoms with Gasteiger partial charge in [0.15, 0.2) is 5.16 Å². The van der Waals surface area contributed by atoms with Crippen molar-refractivity contribution < 1.29 is 9.53 Å². The lowest BCUT2D eigenvalue weighted by molar-refractivity contribution is -0.113. The number of fused-ring (bicyclic) bond motifs is 6. The average Bonchev–Trinajstić information content (AvgIpc) is 3.58. The van der Waals surface area contributed by atoms with E-state index in [1.807, 2.05) is 78.1 Å². The molecule has 1 atom stereocenters. The van der Waals surface area contributed by atoms with Crippen LogP contribution in [0.1, 0.15) is 29.9 Å². The number of amides is 1. The maximum atomic E-state index is 14.2. The normalized spacial score (nSPS) is 15.1. The van der Waals surface area contributed by atoms with Crippen LogP contribution in [0, 0.1) is 12.8 Å². The number of rotatable bonds is 6. The van der Waals surface area contributed by atoms with Crippen LogP contribution in [0.25, 0.3) is 32.5 Å². The third-order valence-electron chi connectivity index (χ3n) is 7.74. The van der Waals surface area contributed by atoms with Crippen molar-refractivity contribution in [2.75, 3.05) is 11.1 Å². The van der Waals surface area contributed by atoms with Gasteiger partial charge in [0, 0.05) is 22.4 Å². The van der Waals surface area contributed by atoms with Crippen molar-refractivity contribution in [3.05, 3.63) is 93.1 Å². The molecule has 1 aliphatic heterocycles. The predicted molar refractivity (Wildman–Crippen MR) is 169 cm³/mol. The van der Waals surface area contributed by atoms with E-state index in [4.69, 9.17) is 4.74 Å². The van der Waals surface area contributed by atoms with Gasteiger partial charge >= 0.3 is 0 Å². The molecule has 1 amide bonds. The predicted octanol–water partition coefficient (Wildman–Crippen LogP) is 6.38. The van der Waals surface area contributed by atoms with Crippen LogP contribution in [0.3, 0.4) is 0 Å². The van der Waals surface area contributed by atoms with Crippen LogP contribution in [-0.2, 0) is 22.6 Å². The van der Waals surface area contributed by atoms with Gasteiger partial charge in [0.2, 0.25) is 11.7 Å². The highest BCUT2D eigenvalue weighted by Gasteiger charge is 2.30. The Morgan fingerprint density at radius 1 is 1.12 bits per heavy atom. The Morgan fingerprint density at radius 2 is 1.93 bits per heavy atom. The number of aromatic nitrogens is 4. The van der Waals surface area contributed by atoms with Gasteiger partial charge in [-0.3, -0.25) is 9.59 Å². The highest BCUT2D eigenvalue weighted by molar-refractivity contribution is 7.99. The summed E-state index contributed by atoms with van der Waals surface area (Å²) in [5.74, 6) is 0.751. The minimum Gasteiger partial charge on any atom is -0.372 e. The molecule has 0 aliphatic carbocycles. The van der Waals surface area contributed by atoms with Crippen molar-refractivity contribution >= 4 is 61.5 Å². The van der Waals surface area contributed by atoms with Crippen LogP contribution < -0.4 is 10.9 Å². The zero-order valence-corrected chi connectivity index (χ0v) is 25.1. The number of nitrogens with zero attached hydrogens (tertiary/aromatic N) is 4. The monoisotopic (exact) mass is 595 g/mol. The molecule has 7 rings (SSSR count). The first-order valence-corrected chi connectivity index (χ1v) is 15.7. The number of nitrogens with one attached hydrogen (secondary N) is 1. The van der Waals surface area contributed by atoms with E-state index in [1.165, 1.54) is 11.8 Å². The summed E-state index contributed by atoms with van der Waals surface area (Å²) in [5, 5.41) is 15.3. The van der Waals surface area contributed by atoms with Gasteiger partial charge in [-0.05, 0) is 47.6 Å². The molecule has 42 heavy (non-hydrogen) atoms. The van der Waals surface area contributed by atoms with Gasteiger partial charge in [0.1, 0.15) is 4.83 Å². The Hall–Kier alpha value is -3.99. The molecule has 0 fully saturated rings. The Bertz CT molecular complexity index is 2050. The van der Waals surface area contributed by atoms with Crippen molar-refractivity contribution in [3.63, 3.8) is 0 Å². The number of hydrogen-bond donors (Lipinski definition) is 1. The quantitative estimate of drug-likeness (QED) is 0.225. The van der Waals surface area contributed by atoms with E-state index in [0.717, 1.165) is 43.0 Å². The lowest BCUT2D eigenvalue weighted by atomic mass is 9.96. The number of thiophene rings is 1. The van der Waals surface area contributed by atoms with Crippen molar-refractivity contribution in [1.29, 1.82) is 0 Å². The summed E-state index contributed by atoms with van der Waals surface area (Å²) in [7, 11) is 0. The summed E-state index contributed by atoms with van der Waals surface area (Å²) in [6, 6.07) is 21.7. The maximum Gasteiger partial charge on any atom is 0.268 e. The zero-order chi connectivity index (χ0) is 29.0. The van der Waals surface area contributed by atoms with Crippen molar-refractivity contribution in [2.24, 2.45) is 5.92 Å². The molecule has 0 saturated heterocycles. The van der Waals surface area contributed by atoms with E-state index in [2.05, 4.69) is 29.4 Å². The summed E-state index contributed by atoms with van der Waals surface area (Å²) in [6.45, 7) is 6.76. The third kappa shape index (κ3) is 4.59. The number of aryl methyl sites for hydroxylation is 1. The first kappa shape index (κ1) is 26.9. The molecule has 3 aromatic heterocycles. The number of hydrogen-bond acceptors (Lipinski definition) is 7. The van der Waals surface area contributed by atoms with Crippen molar-refractivity contribution in [3.8, 4) is 5.69 Å². The molecule has 6 aromatic rings. The third-order valence-corrected chi connectivity index (χ3v) is 9.86. The standard InChI is InChI=1S/C32H29N5O3S2/c1-18(2)25-15-23-26(16-40-25)42-30-28(23)29(39)36(21-11-6-8-19(3)14-21)31-34-35-32(37(30)31)41-17-27(38)33-24-13-7-10-20-9-4-5-12-22(20)24/h4-14,18,25H,15-17H2,1-3H3,(H,33,38). The molecule has 4 heterocycles. The Labute approximate surface area is 250 Å². The van der Waals surface area contributed by atoms with Gasteiger partial charge in [-0.25, -0.2) is 8.97 Å². The number of thioether (sulfide) groups is 1. The van der Waals surface area contributed by atoms with Crippen LogP contribution in [0.15, 0.2) is 76.7 Å². The smallest absolute Gasteiger partial charge is 0.268 e. The minimum absolute atomic E-state index is 0.0466. The van der Waals surface area contributed by atoms with E-state index in [-0.39, 0.29) is 23.3 Å². The second-order valence-electron chi connectivity index (χ2n) is 10.9. The van der Waals surface area contributed by atoms with E-state index in [1.54, 1.807) is 15.9 Å². The highest BCUT2D eigenvalue weighted by atomic mass is 32.2. The van der Waals surface area contributed by atoms with E-state index >= 15 is 0 Å². The summed E-state index contributed by atoms with van der Waals surface area (Å²) < 4.78 is 9.74. The van der Waals surface area contributed by atoms with Gasteiger partial charge < -0.3 is 10.1 Å². The van der Waals surface area contributed by atoms with Crippen molar-refractivity contribution in [1.82, 2.24) is 19.2 Å². The molecule has 0 saturated carbocycles. The molecule has 1 unspecified atom stereocenters. The first-order chi connectivity index (χ1) is 20.4. The Balaban J connectivity index is 1.31. The molecule has 8 nitrogen and oxygen atoms in total. The fraction of sp³-hybridized carbons (Fsp3) is 0.250. The SMILES string of the molecule is Cc1cccc(-n2c(=O)c3c4c(sc3n3c(SCC(=O)Nc5cccc6ccccc56)nnc23)COC(C(C)C)C4)c1. The van der Waals surface area contributed by atoms with E-state index < -0.39 is 0 Å². The second kappa shape index (κ2) is 10.7. The lowest BCUT2D eigenvalue weighted by Crippen LogP contribution is -2.28. The molecule has 0 bridgehead atoms. The Morgan fingerprint density at radius 3 is 2.76 bits per heavy atom. The average molecular weight is 596 g/mol. The van der Waals surface area contributed by atoms with Gasteiger partial charge in [-0.2, -0.15) is 0 Å². The number of ether oxygens (including phenoxy) is 1. The first-order valence-electron chi connectivity index (χ1n) is 13.9. The fourth-order valence-corrected chi connectivity index (χ4v) is 7.64. The molecule has 3 aromatic carbocycles. The molecular weight excluding hydrogens is 567 g/mol. The highest BCUT2D eigenvalue weighted by Crippen LogP contribution is 2.37. The molecular formula is C32H29N5O3S2. The molecule has 212 valence electrons. The Kier molecular flexibility index (Phi) is 6.84. The largest absolute Gasteiger partial charge is 0.372 e. The fourth-order valence-electron chi connectivity index (χ4n) is 5.61. The number of carbonyl (C=O) groups excluding carboxylic acids is 1. The van der Waals surface area contributed by atoms with Crippen molar-refractivity contribution in [2.45, 2.75) is 45.1 Å². The van der Waals surface area contributed by atoms with Crippen LogP contribution >= 0.6 is 23.1 Å². The van der Waals surface area contributed by atoms with Gasteiger partial charge in [-0.15, -0.1) is 21.5 Å². The minimum atomic E-state index is -0.144. The summed E-state index contributed by atoms with van der Waals surface area (Å²) in [4.78, 5) is 29.2. The van der Waals surface area contributed by atoms with E-state index in [9.17, 15) is 9.59 Å². The summed E-state index contributed by atoms with van der Waals surface area (Å²) in [5.41, 5.74) is 3.48. The molecule has 0 spiro atoms. The van der Waals surface area contributed by atoms with Crippen LogP contribution in [0.2, 0.25) is 0 Å². The van der Waals surface area contributed by atoms with Gasteiger partial charge in [-0.1, -0.05) is 74.1 Å². The van der Waals surface area contributed by atoms with Crippen LogP contribution in [-0.4, -0.2) is 36.9 Å². The number of anilines is 1. The number of carbonyl (C=O) groups is 1. The molecule has 1 N–H and O–H groups in total. The van der Waals surface area contributed by atoms with Crippen LogP contribution in [0.5, 0.6) is 0 Å². The van der Waals surface area contributed by atoms with Gasteiger partial charge in [0.25, 0.3) is 5.56 Å². The molecule has 0 radical (unpaired) electrons. The summed E-state index contributed by atoms with van der Waals surface area (Å²) >= 11 is 2.86. The lowest BCUT2D eigenvalue weighted by Gasteiger charge is -2.26. The second-order valence-corrected chi connectivity index (χ2v) is 13.0. The maximum absolute atomic E-state index is 14.2. The summed E-state index contributed by atoms with van der Waals surface area (Å²) in [6.07, 6.45) is 0.727. The molecule has 1 aliphatic rings. The number of benzene rings is 3. The van der Waals surface area contributed by atoms with Gasteiger partial charge in [0.05, 0.1) is 29.5 Å². The zero-order valence-electron chi connectivity index (χ0n) is 23.5. The van der Waals surface area contributed by atoms with E-state index in [0.29, 0.717) is 35.3 Å². The van der Waals surface area contributed by atoms with Crippen LogP contribution in [0.4, 0.5) is 5.69 Å².